The predicted molar refractivity (Wildman–Crippen MR) is 107 cm³/mol. The highest BCUT2D eigenvalue weighted by Crippen LogP contribution is 2.10. The summed E-state index contributed by atoms with van der Waals surface area (Å²) in [6, 6.07) is 13.4. The summed E-state index contributed by atoms with van der Waals surface area (Å²) in [6.07, 6.45) is 2.57. The molecule has 0 spiro atoms. The molecule has 0 aliphatic rings. The maximum absolute atomic E-state index is 12.0. The Morgan fingerprint density at radius 2 is 1.93 bits per heavy atom. The number of nitrogens with zero attached hydrogens (tertiary/aromatic N) is 2. The molecule has 0 aliphatic heterocycles. The van der Waals surface area contributed by atoms with Crippen LogP contribution in [0.1, 0.15) is 18.2 Å². The molecule has 1 aromatic carbocycles. The van der Waals surface area contributed by atoms with Crippen molar-refractivity contribution in [1.29, 1.82) is 0 Å². The van der Waals surface area contributed by atoms with Crippen LogP contribution in [0.5, 0.6) is 5.75 Å². The van der Waals surface area contributed by atoms with Crippen LogP contribution in [0.3, 0.4) is 0 Å². The van der Waals surface area contributed by atoms with E-state index < -0.39 is 0 Å². The highest BCUT2D eigenvalue weighted by Gasteiger charge is 2.03. The Hall–Kier alpha value is -3.09. The first kappa shape index (κ1) is 20.2. The molecule has 0 radical (unpaired) electrons. The minimum absolute atomic E-state index is 0.0646. The van der Waals surface area contributed by atoms with Crippen LogP contribution >= 0.6 is 0 Å². The lowest BCUT2D eigenvalue weighted by Gasteiger charge is -2.11. The van der Waals surface area contributed by atoms with Gasteiger partial charge in [-0.05, 0) is 36.8 Å². The number of aromatic nitrogens is 1. The number of methoxy groups -OCH3 is 1. The summed E-state index contributed by atoms with van der Waals surface area (Å²) < 4.78 is 5.12. The van der Waals surface area contributed by atoms with E-state index in [2.05, 4.69) is 25.9 Å². The van der Waals surface area contributed by atoms with Gasteiger partial charge in [-0.2, -0.15) is 0 Å². The smallest absolute Gasteiger partial charge is 0.242 e. The molecular weight excluding hydrogens is 342 g/mol. The van der Waals surface area contributed by atoms with Gasteiger partial charge in [-0.15, -0.1) is 0 Å². The van der Waals surface area contributed by atoms with Gasteiger partial charge in [-0.1, -0.05) is 18.2 Å². The molecule has 1 heterocycles. The second-order valence-corrected chi connectivity index (χ2v) is 5.82. The van der Waals surface area contributed by atoms with E-state index >= 15 is 0 Å². The first-order valence-corrected chi connectivity index (χ1v) is 9.03. The van der Waals surface area contributed by atoms with E-state index in [4.69, 9.17) is 4.74 Å². The van der Waals surface area contributed by atoms with E-state index in [1.807, 2.05) is 49.4 Å². The number of guanidine groups is 1. The van der Waals surface area contributed by atoms with Gasteiger partial charge in [0.2, 0.25) is 5.91 Å². The average molecular weight is 369 g/mol. The lowest BCUT2D eigenvalue weighted by molar-refractivity contribution is -0.119. The van der Waals surface area contributed by atoms with Gasteiger partial charge in [0.05, 0.1) is 7.11 Å². The van der Waals surface area contributed by atoms with Crippen molar-refractivity contribution in [2.24, 2.45) is 4.99 Å². The average Bonchev–Trinajstić information content (AvgIpc) is 2.71. The van der Waals surface area contributed by atoms with Gasteiger partial charge in [0.25, 0.3) is 0 Å². The normalized spacial score (nSPS) is 11.0. The molecule has 27 heavy (non-hydrogen) atoms. The Morgan fingerprint density at radius 3 is 2.59 bits per heavy atom. The van der Waals surface area contributed by atoms with Gasteiger partial charge in [0, 0.05) is 37.9 Å². The Morgan fingerprint density at radius 1 is 1.11 bits per heavy atom. The fourth-order valence-electron chi connectivity index (χ4n) is 2.35. The number of ether oxygens (including phenoxy) is 1. The molecule has 7 heteroatoms. The Kier molecular flexibility index (Phi) is 8.62. The summed E-state index contributed by atoms with van der Waals surface area (Å²) in [5.41, 5.74) is 2.02. The van der Waals surface area contributed by atoms with E-state index in [-0.39, 0.29) is 12.5 Å². The fourth-order valence-corrected chi connectivity index (χ4v) is 2.35. The van der Waals surface area contributed by atoms with Crippen LogP contribution in [-0.2, 0) is 17.8 Å². The summed E-state index contributed by atoms with van der Waals surface area (Å²) in [7, 11) is 1.63. The number of rotatable bonds is 9. The Balaban J connectivity index is 1.75. The SMILES string of the molecule is CCNC(=NCC(=O)NCc1ccc(OC)cc1)NCCc1ccccn1. The van der Waals surface area contributed by atoms with Crippen LogP contribution in [0.2, 0.25) is 0 Å². The molecule has 0 unspecified atom stereocenters. The lowest BCUT2D eigenvalue weighted by Crippen LogP contribution is -2.39. The number of carbonyl (C=O) groups is 1. The van der Waals surface area contributed by atoms with Gasteiger partial charge in [0.1, 0.15) is 12.3 Å². The first-order chi connectivity index (χ1) is 13.2. The molecule has 0 saturated heterocycles. The number of nitrogens with one attached hydrogen (secondary N) is 3. The predicted octanol–water partition coefficient (Wildman–Crippen LogP) is 1.50. The molecular formula is C20H27N5O2. The molecule has 2 aromatic rings. The number of pyridine rings is 1. The summed E-state index contributed by atoms with van der Waals surface area (Å²) in [6.45, 7) is 3.93. The van der Waals surface area contributed by atoms with Crippen LogP contribution in [0.25, 0.3) is 0 Å². The van der Waals surface area contributed by atoms with Gasteiger partial charge in [0.15, 0.2) is 5.96 Å². The molecule has 144 valence electrons. The van der Waals surface area contributed by atoms with Crippen molar-refractivity contribution in [3.05, 3.63) is 59.9 Å². The third-order valence-corrected chi connectivity index (χ3v) is 3.77. The van der Waals surface area contributed by atoms with Crippen molar-refractivity contribution in [3.8, 4) is 5.75 Å². The molecule has 0 saturated carbocycles. The van der Waals surface area contributed by atoms with Crippen molar-refractivity contribution >= 4 is 11.9 Å². The number of aliphatic imine (C=N–C) groups is 1. The monoisotopic (exact) mass is 369 g/mol. The maximum Gasteiger partial charge on any atom is 0.242 e. The summed E-state index contributed by atoms with van der Waals surface area (Å²) in [5.74, 6) is 1.28. The standard InChI is InChI=1S/C20H27N5O2/c1-3-21-20(23-13-11-17-6-4-5-12-22-17)25-15-19(26)24-14-16-7-9-18(27-2)10-8-16/h4-10,12H,3,11,13-15H2,1-2H3,(H,24,26)(H2,21,23,25). The highest BCUT2D eigenvalue weighted by atomic mass is 16.5. The highest BCUT2D eigenvalue weighted by molar-refractivity contribution is 5.84. The summed E-state index contributed by atoms with van der Waals surface area (Å²) in [4.78, 5) is 20.6. The Labute approximate surface area is 160 Å². The van der Waals surface area contributed by atoms with Gasteiger partial charge < -0.3 is 20.7 Å². The van der Waals surface area contributed by atoms with Crippen LogP contribution in [-0.4, -0.2) is 43.6 Å². The van der Waals surface area contributed by atoms with Crippen LogP contribution in [0, 0.1) is 0 Å². The van der Waals surface area contributed by atoms with Gasteiger partial charge >= 0.3 is 0 Å². The largest absolute Gasteiger partial charge is 0.497 e. The molecule has 7 nitrogen and oxygen atoms in total. The van der Waals surface area contributed by atoms with Crippen molar-refractivity contribution in [1.82, 2.24) is 20.9 Å². The van der Waals surface area contributed by atoms with Crippen molar-refractivity contribution in [3.63, 3.8) is 0 Å². The number of hydrogen-bond donors (Lipinski definition) is 3. The summed E-state index contributed by atoms with van der Waals surface area (Å²) in [5, 5.41) is 9.21. The first-order valence-electron chi connectivity index (χ1n) is 9.03. The number of carbonyl (C=O) groups excluding carboxylic acids is 1. The third kappa shape index (κ3) is 7.77. The molecule has 2 rings (SSSR count). The molecule has 1 aromatic heterocycles. The molecule has 0 atom stereocenters. The van der Waals surface area contributed by atoms with E-state index in [1.54, 1.807) is 13.3 Å². The zero-order chi connectivity index (χ0) is 19.3. The zero-order valence-corrected chi connectivity index (χ0v) is 15.9. The van der Waals surface area contributed by atoms with E-state index in [1.165, 1.54) is 0 Å². The van der Waals surface area contributed by atoms with Crippen molar-refractivity contribution in [2.75, 3.05) is 26.7 Å². The summed E-state index contributed by atoms with van der Waals surface area (Å²) >= 11 is 0. The minimum Gasteiger partial charge on any atom is -0.497 e. The van der Waals surface area contributed by atoms with Crippen LogP contribution in [0.15, 0.2) is 53.7 Å². The third-order valence-electron chi connectivity index (χ3n) is 3.77. The second-order valence-electron chi connectivity index (χ2n) is 5.82. The molecule has 0 aliphatic carbocycles. The topological polar surface area (TPSA) is 87.6 Å². The maximum atomic E-state index is 12.0. The minimum atomic E-state index is -0.132. The van der Waals surface area contributed by atoms with Crippen LogP contribution < -0.4 is 20.7 Å². The van der Waals surface area contributed by atoms with Gasteiger partial charge in [-0.3, -0.25) is 9.78 Å². The molecule has 0 bridgehead atoms. The van der Waals surface area contributed by atoms with E-state index in [9.17, 15) is 4.79 Å². The van der Waals surface area contributed by atoms with Crippen LogP contribution in [0.4, 0.5) is 0 Å². The fraction of sp³-hybridized carbons (Fsp3) is 0.350. The molecule has 3 N–H and O–H groups in total. The van der Waals surface area contributed by atoms with Gasteiger partial charge in [-0.25, -0.2) is 4.99 Å². The van der Waals surface area contributed by atoms with E-state index in [0.717, 1.165) is 30.0 Å². The Bertz CT molecular complexity index is 717. The van der Waals surface area contributed by atoms with Crippen molar-refractivity contribution in [2.45, 2.75) is 19.9 Å². The zero-order valence-electron chi connectivity index (χ0n) is 15.9. The molecule has 0 fully saturated rings. The lowest BCUT2D eigenvalue weighted by atomic mass is 10.2. The molecule has 1 amide bonds. The number of amides is 1. The number of benzene rings is 1. The second kappa shape index (κ2) is 11.5. The number of hydrogen-bond acceptors (Lipinski definition) is 4. The van der Waals surface area contributed by atoms with Crippen molar-refractivity contribution < 1.29 is 9.53 Å². The van der Waals surface area contributed by atoms with E-state index in [0.29, 0.717) is 19.0 Å². The quantitative estimate of drug-likeness (QED) is 0.461.